The first-order valence-electron chi connectivity index (χ1n) is 8.56. The number of hydrogen-bond donors (Lipinski definition) is 0. The summed E-state index contributed by atoms with van der Waals surface area (Å²) in [6.07, 6.45) is 1.82. The van der Waals surface area contributed by atoms with Gasteiger partial charge >= 0.3 is 5.97 Å². The molecule has 6 nitrogen and oxygen atoms in total. The van der Waals surface area contributed by atoms with Gasteiger partial charge in [0.15, 0.2) is 11.6 Å². The molecule has 0 spiro atoms. The molecule has 0 unspecified atom stereocenters. The predicted molar refractivity (Wildman–Crippen MR) is 112 cm³/mol. The lowest BCUT2D eigenvalue weighted by Gasteiger charge is -2.08. The van der Waals surface area contributed by atoms with Crippen LogP contribution in [0.25, 0.3) is 22.1 Å². The molecule has 0 aliphatic carbocycles. The Balaban J connectivity index is 1.65. The summed E-state index contributed by atoms with van der Waals surface area (Å²) in [7, 11) is 0. The van der Waals surface area contributed by atoms with Gasteiger partial charge < -0.3 is 9.47 Å². The van der Waals surface area contributed by atoms with Gasteiger partial charge in [-0.15, -0.1) is 0 Å². The summed E-state index contributed by atoms with van der Waals surface area (Å²) in [5.74, 6) is 0.106. The number of thiazole rings is 1. The molecule has 2 aromatic heterocycles. The van der Waals surface area contributed by atoms with Crippen LogP contribution in [0.4, 0.5) is 0 Å². The largest absolute Gasteiger partial charge is 0.481 e. The van der Waals surface area contributed by atoms with Crippen LogP contribution in [0.15, 0.2) is 51.7 Å². The van der Waals surface area contributed by atoms with E-state index in [2.05, 4.69) is 20.9 Å². The first-order valence-corrected chi connectivity index (χ1v) is 10.2. The van der Waals surface area contributed by atoms with E-state index in [9.17, 15) is 9.59 Å². The van der Waals surface area contributed by atoms with Gasteiger partial charge in [-0.1, -0.05) is 29.5 Å². The SMILES string of the molecule is CCOC(=O)COc1ccc(C=c2sc3nc4ccccc4n3c2=O)cc1Br. The molecule has 0 aliphatic rings. The van der Waals surface area contributed by atoms with Crippen LogP contribution >= 0.6 is 27.3 Å². The van der Waals surface area contributed by atoms with Crippen LogP contribution in [0.3, 0.4) is 0 Å². The molecule has 4 aromatic rings. The molecule has 2 heterocycles. The topological polar surface area (TPSA) is 69.9 Å². The van der Waals surface area contributed by atoms with E-state index in [-0.39, 0.29) is 12.2 Å². The molecule has 0 fully saturated rings. The van der Waals surface area contributed by atoms with E-state index in [1.807, 2.05) is 42.5 Å². The Labute approximate surface area is 172 Å². The standard InChI is InChI=1S/C20H15BrN2O4S/c1-2-26-18(24)11-27-16-8-7-12(9-13(16)21)10-17-19(25)23-15-6-4-3-5-14(15)22-20(23)28-17/h3-10H,2,11H2,1H3. The zero-order valence-electron chi connectivity index (χ0n) is 14.8. The van der Waals surface area contributed by atoms with Crippen molar-refractivity contribution in [1.82, 2.24) is 9.38 Å². The first kappa shape index (κ1) is 18.6. The molecule has 0 amide bonds. The Hall–Kier alpha value is -2.71. The molecule has 28 heavy (non-hydrogen) atoms. The van der Waals surface area contributed by atoms with Gasteiger partial charge in [0.05, 0.1) is 26.6 Å². The maximum Gasteiger partial charge on any atom is 0.344 e. The fraction of sp³-hybridized carbons (Fsp3) is 0.150. The van der Waals surface area contributed by atoms with E-state index in [0.29, 0.717) is 26.3 Å². The smallest absolute Gasteiger partial charge is 0.344 e. The van der Waals surface area contributed by atoms with Crippen LogP contribution in [-0.2, 0) is 9.53 Å². The maximum absolute atomic E-state index is 12.8. The lowest BCUT2D eigenvalue weighted by atomic mass is 10.2. The number of nitrogens with zero attached hydrogens (tertiary/aromatic N) is 2. The summed E-state index contributed by atoms with van der Waals surface area (Å²) in [6.45, 7) is 1.90. The predicted octanol–water partition coefficient (Wildman–Crippen LogP) is 3.16. The highest BCUT2D eigenvalue weighted by Crippen LogP contribution is 2.26. The van der Waals surface area contributed by atoms with E-state index in [0.717, 1.165) is 16.6 Å². The second kappa shape index (κ2) is 7.73. The number of halogens is 1. The van der Waals surface area contributed by atoms with Crippen molar-refractivity contribution in [2.24, 2.45) is 0 Å². The van der Waals surface area contributed by atoms with E-state index in [1.165, 1.54) is 11.3 Å². The molecule has 0 N–H and O–H groups in total. The summed E-state index contributed by atoms with van der Waals surface area (Å²) in [5, 5.41) is 0. The fourth-order valence-electron chi connectivity index (χ4n) is 2.83. The molecule has 0 saturated carbocycles. The highest BCUT2D eigenvalue weighted by Gasteiger charge is 2.11. The fourth-order valence-corrected chi connectivity index (χ4v) is 4.32. The summed E-state index contributed by atoms with van der Waals surface area (Å²) >= 11 is 4.79. The van der Waals surface area contributed by atoms with Gasteiger partial charge in [0.1, 0.15) is 5.75 Å². The number of aromatic nitrogens is 2. The Morgan fingerprint density at radius 3 is 2.89 bits per heavy atom. The molecule has 142 valence electrons. The van der Waals surface area contributed by atoms with Gasteiger partial charge in [0.2, 0.25) is 0 Å². The number of esters is 1. The van der Waals surface area contributed by atoms with E-state index >= 15 is 0 Å². The first-order chi connectivity index (χ1) is 13.6. The number of carbonyl (C=O) groups is 1. The minimum atomic E-state index is -0.421. The Kier molecular flexibility index (Phi) is 5.15. The van der Waals surface area contributed by atoms with Gasteiger partial charge in [-0.25, -0.2) is 14.2 Å². The van der Waals surface area contributed by atoms with Gasteiger partial charge in [-0.2, -0.15) is 0 Å². The van der Waals surface area contributed by atoms with Crippen molar-refractivity contribution >= 4 is 55.3 Å². The maximum atomic E-state index is 12.8. The van der Waals surface area contributed by atoms with Crippen LogP contribution in [0, 0.1) is 0 Å². The van der Waals surface area contributed by atoms with Crippen molar-refractivity contribution in [2.45, 2.75) is 6.92 Å². The number of hydrogen-bond acceptors (Lipinski definition) is 6. The summed E-state index contributed by atoms with van der Waals surface area (Å²) in [5.41, 5.74) is 2.36. The third-order valence-corrected chi connectivity index (χ3v) is 5.64. The van der Waals surface area contributed by atoms with Crippen molar-refractivity contribution in [2.75, 3.05) is 13.2 Å². The molecule has 0 saturated heterocycles. The molecule has 8 heteroatoms. The van der Waals surface area contributed by atoms with Crippen LogP contribution in [0.5, 0.6) is 5.75 Å². The van der Waals surface area contributed by atoms with Gasteiger partial charge in [-0.05, 0) is 58.8 Å². The van der Waals surface area contributed by atoms with E-state index < -0.39 is 5.97 Å². The van der Waals surface area contributed by atoms with Gasteiger partial charge in [-0.3, -0.25) is 4.79 Å². The molecule has 0 atom stereocenters. The summed E-state index contributed by atoms with van der Waals surface area (Å²) < 4.78 is 13.2. The number of rotatable bonds is 5. The number of carbonyl (C=O) groups excluding carboxylic acids is 1. The second-order valence-electron chi connectivity index (χ2n) is 5.92. The molecule has 4 rings (SSSR count). The molecule has 0 aliphatic heterocycles. The monoisotopic (exact) mass is 458 g/mol. The molecule has 2 aromatic carbocycles. The Bertz CT molecular complexity index is 1300. The summed E-state index contributed by atoms with van der Waals surface area (Å²) in [6, 6.07) is 13.0. The van der Waals surface area contributed by atoms with Crippen molar-refractivity contribution in [3.63, 3.8) is 0 Å². The highest BCUT2D eigenvalue weighted by atomic mass is 79.9. The molecular weight excluding hydrogens is 444 g/mol. The van der Waals surface area contributed by atoms with Crippen LogP contribution in [0.1, 0.15) is 12.5 Å². The van der Waals surface area contributed by atoms with Crippen LogP contribution in [0.2, 0.25) is 0 Å². The Morgan fingerprint density at radius 2 is 2.11 bits per heavy atom. The van der Waals surface area contributed by atoms with E-state index in [1.54, 1.807) is 17.4 Å². The lowest BCUT2D eigenvalue weighted by Crippen LogP contribution is -2.22. The molecule has 0 bridgehead atoms. The quantitative estimate of drug-likeness (QED) is 0.429. The zero-order chi connectivity index (χ0) is 19.7. The van der Waals surface area contributed by atoms with Crippen molar-refractivity contribution in [1.29, 1.82) is 0 Å². The van der Waals surface area contributed by atoms with Crippen molar-refractivity contribution in [3.05, 3.63) is 67.4 Å². The third kappa shape index (κ3) is 3.53. The number of ether oxygens (including phenoxy) is 2. The van der Waals surface area contributed by atoms with Crippen LogP contribution < -0.4 is 14.8 Å². The number of imidazole rings is 1. The molecule has 0 radical (unpaired) electrons. The van der Waals surface area contributed by atoms with E-state index in [4.69, 9.17) is 9.47 Å². The minimum absolute atomic E-state index is 0.0903. The van der Waals surface area contributed by atoms with Gasteiger partial charge in [0.25, 0.3) is 5.56 Å². The average molecular weight is 459 g/mol. The van der Waals surface area contributed by atoms with Crippen molar-refractivity contribution in [3.8, 4) is 5.75 Å². The normalized spacial score (nSPS) is 12.0. The second-order valence-corrected chi connectivity index (χ2v) is 7.78. The Morgan fingerprint density at radius 1 is 1.29 bits per heavy atom. The number of para-hydroxylation sites is 2. The van der Waals surface area contributed by atoms with Gasteiger partial charge in [0, 0.05) is 0 Å². The number of benzene rings is 2. The number of fused-ring (bicyclic) bond motifs is 3. The minimum Gasteiger partial charge on any atom is -0.481 e. The van der Waals surface area contributed by atoms with Crippen LogP contribution in [-0.4, -0.2) is 28.6 Å². The van der Waals surface area contributed by atoms with Crippen molar-refractivity contribution < 1.29 is 14.3 Å². The zero-order valence-corrected chi connectivity index (χ0v) is 17.2. The lowest BCUT2D eigenvalue weighted by molar-refractivity contribution is -0.145. The highest BCUT2D eigenvalue weighted by molar-refractivity contribution is 9.10. The average Bonchev–Trinajstić information content (AvgIpc) is 3.18. The summed E-state index contributed by atoms with van der Waals surface area (Å²) in [4.78, 5) is 29.4. The third-order valence-electron chi connectivity index (χ3n) is 4.05. The molecular formula is C20H15BrN2O4S.